The molecule has 0 amide bonds. The van der Waals surface area contributed by atoms with Gasteiger partial charge in [0.1, 0.15) is 5.60 Å². The van der Waals surface area contributed by atoms with E-state index in [9.17, 15) is 5.11 Å². The van der Waals surface area contributed by atoms with E-state index in [-0.39, 0.29) is 0 Å². The lowest BCUT2D eigenvalue weighted by Gasteiger charge is -2.23. The van der Waals surface area contributed by atoms with Crippen LogP contribution >= 0.6 is 11.3 Å². The predicted octanol–water partition coefficient (Wildman–Crippen LogP) is 1.97. The quantitative estimate of drug-likeness (QED) is 0.808. The third kappa shape index (κ3) is 1.60. The monoisotopic (exact) mass is 211 g/mol. The van der Waals surface area contributed by atoms with Crippen molar-refractivity contribution in [3.8, 4) is 0 Å². The molecule has 0 saturated carbocycles. The molecule has 1 N–H and O–H groups in total. The molecule has 0 aliphatic carbocycles. The number of likely N-dealkylation sites (N-methyl/N-ethyl adjacent to an activating group) is 1. The minimum absolute atomic E-state index is 0.583. The second kappa shape index (κ2) is 3.65. The van der Waals surface area contributed by atoms with Gasteiger partial charge in [-0.15, -0.1) is 11.3 Å². The summed E-state index contributed by atoms with van der Waals surface area (Å²) in [6, 6.07) is 2.07. The zero-order valence-corrected chi connectivity index (χ0v) is 9.60. The van der Waals surface area contributed by atoms with E-state index in [4.69, 9.17) is 0 Å². The number of likely N-dealkylation sites (tertiary alicyclic amines) is 1. The molecule has 1 atom stereocenters. The lowest BCUT2D eigenvalue weighted by molar-refractivity contribution is 0.0466. The summed E-state index contributed by atoms with van der Waals surface area (Å²) < 4.78 is 0. The Hall–Kier alpha value is -0.380. The van der Waals surface area contributed by atoms with Crippen LogP contribution in [0, 0.1) is 6.92 Å². The van der Waals surface area contributed by atoms with Crippen LogP contribution in [0.2, 0.25) is 0 Å². The zero-order chi connectivity index (χ0) is 10.2. The van der Waals surface area contributed by atoms with Crippen molar-refractivity contribution in [2.24, 2.45) is 0 Å². The van der Waals surface area contributed by atoms with Gasteiger partial charge in [0, 0.05) is 18.0 Å². The highest BCUT2D eigenvalue weighted by Crippen LogP contribution is 2.35. The molecule has 0 radical (unpaired) electrons. The van der Waals surface area contributed by atoms with Crippen LogP contribution in [-0.4, -0.2) is 29.6 Å². The number of aryl methyl sites for hydroxylation is 1. The smallest absolute Gasteiger partial charge is 0.105 e. The van der Waals surface area contributed by atoms with E-state index in [0.29, 0.717) is 0 Å². The number of thiophene rings is 1. The number of nitrogens with zero attached hydrogens (tertiary/aromatic N) is 1. The standard InChI is InChI=1S/C11H17NOS/c1-3-12-6-5-11(13,8-12)10-4-7-14-9(10)2/h4,7,13H,3,5-6,8H2,1-2H3. The highest BCUT2D eigenvalue weighted by atomic mass is 32.1. The van der Waals surface area contributed by atoms with Crippen molar-refractivity contribution in [2.45, 2.75) is 25.9 Å². The summed E-state index contributed by atoms with van der Waals surface area (Å²) >= 11 is 1.72. The largest absolute Gasteiger partial charge is 0.384 e. The van der Waals surface area contributed by atoms with E-state index in [1.807, 2.05) is 0 Å². The first kappa shape index (κ1) is 10.1. The summed E-state index contributed by atoms with van der Waals surface area (Å²) in [7, 11) is 0. The molecule has 14 heavy (non-hydrogen) atoms. The average Bonchev–Trinajstić information content (AvgIpc) is 2.73. The number of hydrogen-bond donors (Lipinski definition) is 1. The molecule has 0 aromatic carbocycles. The van der Waals surface area contributed by atoms with E-state index in [0.717, 1.165) is 31.6 Å². The second-order valence-corrected chi connectivity index (χ2v) is 5.16. The second-order valence-electron chi connectivity index (χ2n) is 4.04. The van der Waals surface area contributed by atoms with Gasteiger partial charge in [-0.05, 0) is 36.9 Å². The number of aliphatic hydroxyl groups is 1. The Kier molecular flexibility index (Phi) is 2.64. The molecule has 2 heterocycles. The molecule has 1 aliphatic heterocycles. The minimum atomic E-state index is -0.583. The third-order valence-corrected chi connectivity index (χ3v) is 3.98. The molecule has 1 fully saturated rings. The topological polar surface area (TPSA) is 23.5 Å². The maximum atomic E-state index is 10.5. The maximum absolute atomic E-state index is 10.5. The lowest BCUT2D eigenvalue weighted by Crippen LogP contribution is -2.30. The van der Waals surface area contributed by atoms with E-state index in [1.54, 1.807) is 11.3 Å². The first-order chi connectivity index (χ1) is 6.65. The third-order valence-electron chi connectivity index (χ3n) is 3.13. The molecule has 1 aromatic rings. The summed E-state index contributed by atoms with van der Waals surface area (Å²) in [5.74, 6) is 0. The Balaban J connectivity index is 2.22. The molecule has 2 rings (SSSR count). The molecule has 0 bridgehead atoms. The first-order valence-corrected chi connectivity index (χ1v) is 6.03. The van der Waals surface area contributed by atoms with E-state index in [1.165, 1.54) is 4.88 Å². The van der Waals surface area contributed by atoms with Crippen LogP contribution < -0.4 is 0 Å². The molecule has 1 saturated heterocycles. The summed E-state index contributed by atoms with van der Waals surface area (Å²) in [5, 5.41) is 12.6. The lowest BCUT2D eigenvalue weighted by atomic mass is 9.94. The summed E-state index contributed by atoms with van der Waals surface area (Å²) in [4.78, 5) is 3.56. The van der Waals surface area contributed by atoms with Crippen LogP contribution in [0.4, 0.5) is 0 Å². The number of hydrogen-bond acceptors (Lipinski definition) is 3. The van der Waals surface area contributed by atoms with Crippen LogP contribution in [0.5, 0.6) is 0 Å². The van der Waals surface area contributed by atoms with Gasteiger partial charge >= 0.3 is 0 Å². The van der Waals surface area contributed by atoms with Gasteiger partial charge in [-0.25, -0.2) is 0 Å². The van der Waals surface area contributed by atoms with Crippen molar-refractivity contribution < 1.29 is 5.11 Å². The van der Waals surface area contributed by atoms with Crippen LogP contribution in [0.25, 0.3) is 0 Å². The van der Waals surface area contributed by atoms with Gasteiger partial charge in [-0.2, -0.15) is 0 Å². The highest BCUT2D eigenvalue weighted by Gasteiger charge is 2.38. The molecular weight excluding hydrogens is 194 g/mol. The molecule has 3 heteroatoms. The van der Waals surface area contributed by atoms with Crippen LogP contribution in [0.3, 0.4) is 0 Å². The van der Waals surface area contributed by atoms with Crippen molar-refractivity contribution in [3.05, 3.63) is 21.9 Å². The Morgan fingerprint density at radius 3 is 2.93 bits per heavy atom. The Morgan fingerprint density at radius 1 is 1.64 bits per heavy atom. The summed E-state index contributed by atoms with van der Waals surface area (Å²) in [6.07, 6.45) is 0.873. The van der Waals surface area contributed by atoms with Gasteiger partial charge in [-0.1, -0.05) is 6.92 Å². The van der Waals surface area contributed by atoms with Crippen LogP contribution in [0.15, 0.2) is 11.4 Å². The molecule has 1 aliphatic rings. The van der Waals surface area contributed by atoms with Gasteiger partial charge in [-0.3, -0.25) is 0 Å². The van der Waals surface area contributed by atoms with Crippen molar-refractivity contribution in [1.29, 1.82) is 0 Å². The van der Waals surface area contributed by atoms with Gasteiger partial charge in [0.25, 0.3) is 0 Å². The molecule has 78 valence electrons. The molecule has 1 unspecified atom stereocenters. The Bertz CT molecular complexity index is 323. The SMILES string of the molecule is CCN1CCC(O)(c2ccsc2C)C1. The Morgan fingerprint density at radius 2 is 2.43 bits per heavy atom. The van der Waals surface area contributed by atoms with E-state index >= 15 is 0 Å². The highest BCUT2D eigenvalue weighted by molar-refractivity contribution is 7.10. The summed E-state index contributed by atoms with van der Waals surface area (Å²) in [6.45, 7) is 7.08. The van der Waals surface area contributed by atoms with Gasteiger partial charge in [0.2, 0.25) is 0 Å². The molecular formula is C11H17NOS. The van der Waals surface area contributed by atoms with Crippen molar-refractivity contribution in [1.82, 2.24) is 4.90 Å². The normalized spacial score (nSPS) is 28.5. The van der Waals surface area contributed by atoms with Gasteiger partial charge in [0.05, 0.1) is 0 Å². The Labute approximate surface area is 89.2 Å². The fourth-order valence-electron chi connectivity index (χ4n) is 2.23. The zero-order valence-electron chi connectivity index (χ0n) is 8.79. The fraction of sp³-hybridized carbons (Fsp3) is 0.636. The minimum Gasteiger partial charge on any atom is -0.384 e. The van der Waals surface area contributed by atoms with E-state index < -0.39 is 5.60 Å². The van der Waals surface area contributed by atoms with Crippen molar-refractivity contribution in [2.75, 3.05) is 19.6 Å². The van der Waals surface area contributed by atoms with Crippen LogP contribution in [0.1, 0.15) is 23.8 Å². The summed E-state index contributed by atoms with van der Waals surface area (Å²) in [5.41, 5.74) is 0.554. The number of rotatable bonds is 2. The molecule has 1 aromatic heterocycles. The van der Waals surface area contributed by atoms with Crippen LogP contribution in [-0.2, 0) is 5.60 Å². The van der Waals surface area contributed by atoms with E-state index in [2.05, 4.69) is 30.2 Å². The molecule has 0 spiro atoms. The van der Waals surface area contributed by atoms with Crippen molar-refractivity contribution >= 4 is 11.3 Å². The molecule has 2 nitrogen and oxygen atoms in total. The average molecular weight is 211 g/mol. The van der Waals surface area contributed by atoms with Crippen molar-refractivity contribution in [3.63, 3.8) is 0 Å². The fourth-order valence-corrected chi connectivity index (χ4v) is 3.02. The number of β-amino-alcohol motifs (C(OH)–C–C–N with tert-alkyl or cyclic N) is 1. The maximum Gasteiger partial charge on any atom is 0.105 e. The first-order valence-electron chi connectivity index (χ1n) is 5.15. The van der Waals surface area contributed by atoms with Gasteiger partial charge < -0.3 is 10.0 Å². The predicted molar refractivity (Wildman–Crippen MR) is 59.7 cm³/mol. The van der Waals surface area contributed by atoms with Gasteiger partial charge in [0.15, 0.2) is 0 Å².